The minimum atomic E-state index is -0.176. The molecule has 0 aliphatic heterocycles. The van der Waals surface area contributed by atoms with E-state index in [-0.39, 0.29) is 6.03 Å². The predicted octanol–water partition coefficient (Wildman–Crippen LogP) is 3.91. The van der Waals surface area contributed by atoms with Crippen LogP contribution in [0.3, 0.4) is 0 Å². The highest BCUT2D eigenvalue weighted by molar-refractivity contribution is 7.97. The van der Waals surface area contributed by atoms with Crippen LogP contribution in [-0.2, 0) is 12.2 Å². The first-order valence-corrected chi connectivity index (χ1v) is 9.04. The molecule has 0 bridgehead atoms. The summed E-state index contributed by atoms with van der Waals surface area (Å²) >= 11 is 1.76. The van der Waals surface area contributed by atoms with Crippen molar-refractivity contribution in [2.24, 2.45) is 0 Å². The van der Waals surface area contributed by atoms with Crippen LogP contribution in [-0.4, -0.2) is 24.0 Å². The van der Waals surface area contributed by atoms with Crippen LogP contribution in [0.15, 0.2) is 28.8 Å². The lowest BCUT2D eigenvalue weighted by Crippen LogP contribution is -2.29. The Hall–Kier alpha value is -1.95. The van der Waals surface area contributed by atoms with E-state index >= 15 is 0 Å². The number of rotatable bonds is 7. The third kappa shape index (κ3) is 5.32. The van der Waals surface area contributed by atoms with Gasteiger partial charge in [-0.15, -0.1) is 0 Å². The van der Waals surface area contributed by atoms with E-state index < -0.39 is 0 Å². The van der Waals surface area contributed by atoms with E-state index in [1.807, 2.05) is 32.0 Å². The van der Waals surface area contributed by atoms with Gasteiger partial charge in [0, 0.05) is 23.5 Å². The molecule has 0 saturated heterocycles. The van der Waals surface area contributed by atoms with E-state index in [2.05, 4.69) is 28.1 Å². The molecule has 0 aliphatic rings. The summed E-state index contributed by atoms with van der Waals surface area (Å²) in [5.74, 6) is 1.80. The molecule has 1 aromatic heterocycles. The van der Waals surface area contributed by atoms with Crippen molar-refractivity contribution < 1.29 is 9.32 Å². The quantitative estimate of drug-likeness (QED) is 0.754. The summed E-state index contributed by atoms with van der Waals surface area (Å²) in [6.07, 6.45) is 3.76. The molecule has 2 aromatic rings. The Morgan fingerprint density at radius 1 is 1.35 bits per heavy atom. The van der Waals surface area contributed by atoms with E-state index in [1.54, 1.807) is 11.8 Å². The zero-order valence-electron chi connectivity index (χ0n) is 13.8. The number of aryl methyl sites for hydroxylation is 2. The van der Waals surface area contributed by atoms with Gasteiger partial charge in [0.1, 0.15) is 5.76 Å². The highest BCUT2D eigenvalue weighted by Crippen LogP contribution is 2.15. The number of nitrogens with one attached hydrogen (secondary N) is 2. The lowest BCUT2D eigenvalue weighted by molar-refractivity contribution is 0.252. The van der Waals surface area contributed by atoms with Crippen molar-refractivity contribution in [1.29, 1.82) is 0 Å². The van der Waals surface area contributed by atoms with Crippen LogP contribution in [0, 0.1) is 13.8 Å². The van der Waals surface area contributed by atoms with E-state index in [0.717, 1.165) is 41.3 Å². The highest BCUT2D eigenvalue weighted by Gasteiger charge is 2.08. The molecule has 0 aliphatic carbocycles. The monoisotopic (exact) mass is 333 g/mol. The number of urea groups is 1. The van der Waals surface area contributed by atoms with E-state index in [1.165, 1.54) is 5.56 Å². The van der Waals surface area contributed by atoms with Crippen molar-refractivity contribution in [1.82, 2.24) is 10.5 Å². The fourth-order valence-corrected chi connectivity index (χ4v) is 2.92. The average molecular weight is 333 g/mol. The van der Waals surface area contributed by atoms with Crippen molar-refractivity contribution >= 4 is 23.5 Å². The van der Waals surface area contributed by atoms with Crippen LogP contribution in [0.25, 0.3) is 0 Å². The summed E-state index contributed by atoms with van der Waals surface area (Å²) in [5, 5.41) is 9.68. The number of hydrogen-bond acceptors (Lipinski definition) is 4. The second-order valence-corrected chi connectivity index (χ2v) is 6.29. The molecule has 5 nitrogen and oxygen atoms in total. The van der Waals surface area contributed by atoms with Gasteiger partial charge in [0.2, 0.25) is 0 Å². The van der Waals surface area contributed by atoms with Crippen LogP contribution in [0.1, 0.15) is 29.0 Å². The molecule has 2 rings (SSSR count). The SMILES string of the molecule is CSCc1cccc(NC(=O)NCCCc2c(C)noc2C)c1. The molecule has 0 fully saturated rings. The number of thioether (sulfide) groups is 1. The Labute approximate surface area is 141 Å². The third-order valence-electron chi connectivity index (χ3n) is 3.57. The molecule has 1 heterocycles. The second-order valence-electron chi connectivity index (χ2n) is 5.42. The van der Waals surface area contributed by atoms with Crippen molar-refractivity contribution in [3.05, 3.63) is 46.8 Å². The number of hydrogen-bond donors (Lipinski definition) is 2. The topological polar surface area (TPSA) is 67.2 Å². The van der Waals surface area contributed by atoms with Crippen LogP contribution in [0.5, 0.6) is 0 Å². The Morgan fingerprint density at radius 3 is 2.87 bits per heavy atom. The van der Waals surface area contributed by atoms with Crippen molar-refractivity contribution in [3.8, 4) is 0 Å². The first-order valence-electron chi connectivity index (χ1n) is 7.64. The number of benzene rings is 1. The number of nitrogens with zero attached hydrogens (tertiary/aromatic N) is 1. The summed E-state index contributed by atoms with van der Waals surface area (Å²) in [4.78, 5) is 11.9. The molecule has 2 N–H and O–H groups in total. The van der Waals surface area contributed by atoms with Gasteiger partial charge in [0.25, 0.3) is 0 Å². The Balaban J connectivity index is 1.74. The van der Waals surface area contributed by atoms with Gasteiger partial charge in [-0.05, 0) is 50.6 Å². The zero-order chi connectivity index (χ0) is 16.7. The summed E-state index contributed by atoms with van der Waals surface area (Å²) < 4.78 is 5.13. The van der Waals surface area contributed by atoms with Gasteiger partial charge in [-0.3, -0.25) is 0 Å². The first-order chi connectivity index (χ1) is 11.1. The van der Waals surface area contributed by atoms with E-state index in [0.29, 0.717) is 6.54 Å². The van der Waals surface area contributed by atoms with Gasteiger partial charge in [-0.2, -0.15) is 11.8 Å². The standard InChI is InChI=1S/C17H23N3O2S/c1-12-16(13(2)22-20-12)8-5-9-18-17(21)19-15-7-4-6-14(10-15)11-23-3/h4,6-7,10H,5,8-9,11H2,1-3H3,(H2,18,19,21). The normalized spacial score (nSPS) is 10.6. The molecule has 0 spiro atoms. The summed E-state index contributed by atoms with van der Waals surface area (Å²) in [6, 6.07) is 7.74. The zero-order valence-corrected chi connectivity index (χ0v) is 14.6. The number of aromatic nitrogens is 1. The van der Waals surface area contributed by atoms with Gasteiger partial charge < -0.3 is 15.2 Å². The van der Waals surface area contributed by atoms with E-state index in [9.17, 15) is 4.79 Å². The van der Waals surface area contributed by atoms with E-state index in [4.69, 9.17) is 4.52 Å². The molecule has 23 heavy (non-hydrogen) atoms. The fraction of sp³-hybridized carbons (Fsp3) is 0.412. The molecule has 6 heteroatoms. The molecular formula is C17H23N3O2S. The molecule has 124 valence electrons. The number of amides is 2. The smallest absolute Gasteiger partial charge is 0.319 e. The minimum absolute atomic E-state index is 0.176. The van der Waals surface area contributed by atoms with Crippen molar-refractivity contribution in [2.45, 2.75) is 32.4 Å². The number of carbonyl (C=O) groups excluding carboxylic acids is 1. The molecule has 0 atom stereocenters. The van der Waals surface area contributed by atoms with Crippen LogP contribution >= 0.6 is 11.8 Å². The first kappa shape index (κ1) is 17.4. The minimum Gasteiger partial charge on any atom is -0.361 e. The predicted molar refractivity (Wildman–Crippen MR) is 95.0 cm³/mol. The Bertz CT molecular complexity index is 636. The highest BCUT2D eigenvalue weighted by atomic mass is 32.2. The van der Waals surface area contributed by atoms with Crippen molar-refractivity contribution in [2.75, 3.05) is 18.1 Å². The number of anilines is 1. The molecule has 0 radical (unpaired) electrons. The summed E-state index contributed by atoms with van der Waals surface area (Å²) in [6.45, 7) is 4.46. The molecule has 0 unspecified atom stereocenters. The molecule has 0 saturated carbocycles. The second kappa shape index (κ2) is 8.62. The maximum Gasteiger partial charge on any atom is 0.319 e. The number of carbonyl (C=O) groups is 1. The Kier molecular flexibility index (Phi) is 6.52. The van der Waals surface area contributed by atoms with Gasteiger partial charge in [-0.1, -0.05) is 17.3 Å². The van der Waals surface area contributed by atoms with Crippen molar-refractivity contribution in [3.63, 3.8) is 0 Å². The van der Waals surface area contributed by atoms with Gasteiger partial charge >= 0.3 is 6.03 Å². The molecule has 2 amide bonds. The lowest BCUT2D eigenvalue weighted by Gasteiger charge is -2.09. The fourth-order valence-electron chi connectivity index (χ4n) is 2.41. The maximum absolute atomic E-state index is 11.9. The van der Waals surface area contributed by atoms with Gasteiger partial charge in [0.05, 0.1) is 5.69 Å². The molecular weight excluding hydrogens is 310 g/mol. The van der Waals surface area contributed by atoms with Crippen LogP contribution in [0.4, 0.5) is 10.5 Å². The molecule has 1 aromatic carbocycles. The third-order valence-corrected chi connectivity index (χ3v) is 4.19. The summed E-state index contributed by atoms with van der Waals surface area (Å²) in [7, 11) is 0. The van der Waals surface area contributed by atoms with Crippen LogP contribution < -0.4 is 10.6 Å². The lowest BCUT2D eigenvalue weighted by atomic mass is 10.1. The van der Waals surface area contributed by atoms with Crippen LogP contribution in [0.2, 0.25) is 0 Å². The van der Waals surface area contributed by atoms with Gasteiger partial charge in [-0.25, -0.2) is 4.79 Å². The average Bonchev–Trinajstić information content (AvgIpc) is 2.83. The van der Waals surface area contributed by atoms with Gasteiger partial charge in [0.15, 0.2) is 0 Å². The summed E-state index contributed by atoms with van der Waals surface area (Å²) in [5.41, 5.74) is 4.09. The Morgan fingerprint density at radius 2 is 2.17 bits per heavy atom. The maximum atomic E-state index is 11.9. The largest absolute Gasteiger partial charge is 0.361 e.